The van der Waals surface area contributed by atoms with Crippen molar-refractivity contribution in [3.8, 4) is 17.1 Å². The molecule has 6 heteroatoms. The molecule has 0 radical (unpaired) electrons. The highest BCUT2D eigenvalue weighted by Gasteiger charge is 2.30. The maximum Gasteiger partial charge on any atom is 0.303 e. The number of hydrogen-bond donors (Lipinski definition) is 1. The van der Waals surface area contributed by atoms with Crippen LogP contribution >= 0.6 is 0 Å². The average Bonchev–Trinajstić information content (AvgIpc) is 3.34. The summed E-state index contributed by atoms with van der Waals surface area (Å²) in [4.78, 5) is 25.9. The van der Waals surface area contributed by atoms with Crippen LogP contribution in [0.25, 0.3) is 11.3 Å². The SMILES string of the molecule is CC1Cc2cc(-c3ccco3)ccc2C(=O)N1Cc1ccccc1OCCCCCC(=O)O. The van der Waals surface area contributed by atoms with E-state index < -0.39 is 5.97 Å². The first-order valence-corrected chi connectivity index (χ1v) is 11.4. The minimum atomic E-state index is -0.764. The summed E-state index contributed by atoms with van der Waals surface area (Å²) >= 11 is 0. The van der Waals surface area contributed by atoms with Crippen molar-refractivity contribution >= 4 is 11.9 Å². The summed E-state index contributed by atoms with van der Waals surface area (Å²) in [5.74, 6) is 0.836. The van der Waals surface area contributed by atoms with Crippen molar-refractivity contribution in [2.45, 2.75) is 51.6 Å². The Labute approximate surface area is 193 Å². The van der Waals surface area contributed by atoms with Crippen LogP contribution in [-0.4, -0.2) is 34.5 Å². The fourth-order valence-electron chi connectivity index (χ4n) is 4.27. The molecule has 1 unspecified atom stereocenters. The molecule has 2 aromatic carbocycles. The number of fused-ring (bicyclic) bond motifs is 1. The van der Waals surface area contributed by atoms with Gasteiger partial charge in [0.2, 0.25) is 0 Å². The third-order valence-electron chi connectivity index (χ3n) is 6.06. The van der Waals surface area contributed by atoms with E-state index in [0.29, 0.717) is 19.6 Å². The molecular weight excluding hydrogens is 418 g/mol. The largest absolute Gasteiger partial charge is 0.493 e. The van der Waals surface area contributed by atoms with Crippen molar-refractivity contribution in [2.75, 3.05) is 6.61 Å². The fraction of sp³-hybridized carbons (Fsp3) is 0.333. The second-order valence-corrected chi connectivity index (χ2v) is 8.50. The fourth-order valence-corrected chi connectivity index (χ4v) is 4.27. The van der Waals surface area contributed by atoms with Crippen molar-refractivity contribution in [1.82, 2.24) is 4.90 Å². The van der Waals surface area contributed by atoms with E-state index in [1.807, 2.05) is 53.4 Å². The van der Waals surface area contributed by atoms with E-state index >= 15 is 0 Å². The molecular formula is C27H29NO5. The minimum absolute atomic E-state index is 0.0261. The van der Waals surface area contributed by atoms with Gasteiger partial charge in [0.1, 0.15) is 11.5 Å². The van der Waals surface area contributed by atoms with Crippen molar-refractivity contribution in [1.29, 1.82) is 0 Å². The van der Waals surface area contributed by atoms with E-state index in [1.165, 1.54) is 0 Å². The highest BCUT2D eigenvalue weighted by molar-refractivity contribution is 5.97. The number of benzene rings is 2. The monoisotopic (exact) mass is 447 g/mol. The zero-order valence-electron chi connectivity index (χ0n) is 18.8. The van der Waals surface area contributed by atoms with Gasteiger partial charge in [-0.15, -0.1) is 0 Å². The van der Waals surface area contributed by atoms with Gasteiger partial charge in [-0.1, -0.05) is 24.3 Å². The Kier molecular flexibility index (Phi) is 7.13. The van der Waals surface area contributed by atoms with Crippen LogP contribution in [0, 0.1) is 0 Å². The molecule has 0 bridgehead atoms. The Bertz CT molecular complexity index is 1110. The molecule has 1 aromatic heterocycles. The van der Waals surface area contributed by atoms with E-state index in [2.05, 4.69) is 13.0 Å². The number of aliphatic carboxylic acids is 1. The molecule has 172 valence electrons. The Morgan fingerprint density at radius 1 is 1.12 bits per heavy atom. The predicted molar refractivity (Wildman–Crippen MR) is 125 cm³/mol. The predicted octanol–water partition coefficient (Wildman–Crippen LogP) is 5.56. The van der Waals surface area contributed by atoms with Crippen LogP contribution < -0.4 is 4.74 Å². The normalized spacial score (nSPS) is 15.4. The Morgan fingerprint density at radius 3 is 2.76 bits per heavy atom. The van der Waals surface area contributed by atoms with Crippen LogP contribution in [0.2, 0.25) is 0 Å². The molecule has 1 aliphatic heterocycles. The quantitative estimate of drug-likeness (QED) is 0.412. The zero-order valence-corrected chi connectivity index (χ0v) is 18.8. The van der Waals surface area contributed by atoms with Gasteiger partial charge >= 0.3 is 5.97 Å². The number of carboxylic acid groups (broad SMARTS) is 1. The summed E-state index contributed by atoms with van der Waals surface area (Å²) < 4.78 is 11.5. The maximum atomic E-state index is 13.3. The number of para-hydroxylation sites is 1. The molecule has 0 saturated carbocycles. The molecule has 2 heterocycles. The number of hydrogen-bond acceptors (Lipinski definition) is 4. The summed E-state index contributed by atoms with van der Waals surface area (Å²) in [6.07, 6.45) is 4.89. The van der Waals surface area contributed by atoms with Gasteiger partial charge < -0.3 is 19.2 Å². The lowest BCUT2D eigenvalue weighted by atomic mass is 9.91. The number of carboxylic acids is 1. The van der Waals surface area contributed by atoms with Crippen molar-refractivity contribution in [2.24, 2.45) is 0 Å². The lowest BCUT2D eigenvalue weighted by molar-refractivity contribution is -0.137. The van der Waals surface area contributed by atoms with Crippen molar-refractivity contribution in [3.63, 3.8) is 0 Å². The lowest BCUT2D eigenvalue weighted by Gasteiger charge is -2.35. The number of furan rings is 1. The Morgan fingerprint density at radius 2 is 1.97 bits per heavy atom. The molecule has 3 aromatic rings. The van der Waals surface area contributed by atoms with E-state index in [9.17, 15) is 9.59 Å². The van der Waals surface area contributed by atoms with Gasteiger partial charge in [-0.3, -0.25) is 9.59 Å². The molecule has 0 aliphatic carbocycles. The van der Waals surface area contributed by atoms with Crippen molar-refractivity contribution in [3.05, 3.63) is 77.6 Å². The standard InChI is InChI=1S/C27H29NO5/c1-19-16-22-17-20(24-10-7-15-33-24)12-13-23(22)27(31)28(19)18-21-8-4-5-9-25(21)32-14-6-2-3-11-26(29)30/h4-5,7-10,12-13,15,17,19H,2-3,6,11,14,16,18H2,1H3,(H,29,30). The third kappa shape index (κ3) is 5.45. The first kappa shape index (κ1) is 22.6. The Hall–Kier alpha value is -3.54. The topological polar surface area (TPSA) is 80.0 Å². The van der Waals surface area contributed by atoms with E-state index in [4.69, 9.17) is 14.3 Å². The maximum absolute atomic E-state index is 13.3. The molecule has 0 saturated heterocycles. The van der Waals surface area contributed by atoms with Crippen LogP contribution in [0.1, 0.15) is 54.1 Å². The van der Waals surface area contributed by atoms with Gasteiger partial charge in [0, 0.05) is 35.7 Å². The first-order valence-electron chi connectivity index (χ1n) is 11.4. The van der Waals surface area contributed by atoms with Gasteiger partial charge in [-0.25, -0.2) is 0 Å². The molecule has 4 rings (SSSR count). The Balaban J connectivity index is 1.42. The van der Waals surface area contributed by atoms with Gasteiger partial charge in [0.05, 0.1) is 12.9 Å². The van der Waals surface area contributed by atoms with Gasteiger partial charge in [-0.05, 0) is 68.5 Å². The summed E-state index contributed by atoms with van der Waals surface area (Å²) in [6.45, 7) is 3.08. The van der Waals surface area contributed by atoms with E-state index in [1.54, 1.807) is 6.26 Å². The summed E-state index contributed by atoms with van der Waals surface area (Å²) in [7, 11) is 0. The van der Waals surface area contributed by atoms with Crippen LogP contribution in [0.15, 0.2) is 65.3 Å². The van der Waals surface area contributed by atoms with Crippen LogP contribution in [0.3, 0.4) is 0 Å². The number of nitrogens with zero attached hydrogens (tertiary/aromatic N) is 1. The van der Waals surface area contributed by atoms with E-state index in [0.717, 1.165) is 53.0 Å². The number of carbonyl (C=O) groups excluding carboxylic acids is 1. The van der Waals surface area contributed by atoms with E-state index in [-0.39, 0.29) is 18.4 Å². The second-order valence-electron chi connectivity index (χ2n) is 8.50. The van der Waals surface area contributed by atoms with Crippen LogP contribution in [-0.2, 0) is 17.8 Å². The number of carbonyl (C=O) groups is 2. The average molecular weight is 448 g/mol. The molecule has 1 N–H and O–H groups in total. The first-order chi connectivity index (χ1) is 16.0. The smallest absolute Gasteiger partial charge is 0.303 e. The van der Waals surface area contributed by atoms with Gasteiger partial charge in [-0.2, -0.15) is 0 Å². The molecule has 6 nitrogen and oxygen atoms in total. The number of amides is 1. The molecule has 0 spiro atoms. The summed E-state index contributed by atoms with van der Waals surface area (Å²) in [5, 5.41) is 8.73. The van der Waals surface area contributed by atoms with Gasteiger partial charge in [0.15, 0.2) is 0 Å². The molecule has 0 fully saturated rings. The number of unbranched alkanes of at least 4 members (excludes halogenated alkanes) is 2. The summed E-state index contributed by atoms with van der Waals surface area (Å²) in [6, 6.07) is 17.5. The highest BCUT2D eigenvalue weighted by atomic mass is 16.5. The second kappa shape index (κ2) is 10.4. The molecule has 33 heavy (non-hydrogen) atoms. The van der Waals surface area contributed by atoms with Crippen molar-refractivity contribution < 1.29 is 23.8 Å². The minimum Gasteiger partial charge on any atom is -0.493 e. The molecule has 1 aliphatic rings. The zero-order chi connectivity index (χ0) is 23.2. The summed E-state index contributed by atoms with van der Waals surface area (Å²) in [5.41, 5.74) is 3.73. The van der Waals surface area contributed by atoms with Crippen LogP contribution in [0.5, 0.6) is 5.75 Å². The number of rotatable bonds is 10. The third-order valence-corrected chi connectivity index (χ3v) is 6.06. The van der Waals surface area contributed by atoms with Gasteiger partial charge in [0.25, 0.3) is 5.91 Å². The van der Waals surface area contributed by atoms with Crippen LogP contribution in [0.4, 0.5) is 0 Å². The molecule has 1 amide bonds. The lowest BCUT2D eigenvalue weighted by Crippen LogP contribution is -2.43. The molecule has 1 atom stereocenters. The number of ether oxygens (including phenoxy) is 1. The highest BCUT2D eigenvalue weighted by Crippen LogP contribution is 2.31.